The highest BCUT2D eigenvalue weighted by atomic mass is 35.5. The van der Waals surface area contributed by atoms with E-state index < -0.39 is 11.8 Å². The molecular formula is C22H23ClN4O4S. The second-order valence-corrected chi connectivity index (χ2v) is 8.87. The number of hydrazine groups is 1. The highest BCUT2D eigenvalue weighted by Gasteiger charge is 2.18. The van der Waals surface area contributed by atoms with Gasteiger partial charge in [0.15, 0.2) is 11.5 Å². The summed E-state index contributed by atoms with van der Waals surface area (Å²) in [4.78, 5) is 50.1. The maximum atomic E-state index is 12.7. The van der Waals surface area contributed by atoms with Crippen LogP contribution in [0.1, 0.15) is 59.2 Å². The van der Waals surface area contributed by atoms with Crippen LogP contribution in [-0.4, -0.2) is 27.4 Å². The first-order valence-electron chi connectivity index (χ1n) is 10.3. The number of Topliss-reactive ketones (excluding diaryl/α,β-unsaturated/α-hetero) is 1. The van der Waals surface area contributed by atoms with Gasteiger partial charge in [-0.2, -0.15) is 5.10 Å². The van der Waals surface area contributed by atoms with E-state index in [9.17, 15) is 19.2 Å². The molecule has 0 aliphatic rings. The van der Waals surface area contributed by atoms with Crippen LogP contribution in [0.3, 0.4) is 0 Å². The molecule has 2 N–H and O–H groups in total. The zero-order valence-corrected chi connectivity index (χ0v) is 19.1. The van der Waals surface area contributed by atoms with E-state index in [0.717, 1.165) is 30.6 Å². The van der Waals surface area contributed by atoms with E-state index in [4.69, 9.17) is 11.6 Å². The van der Waals surface area contributed by atoms with E-state index in [0.29, 0.717) is 26.5 Å². The highest BCUT2D eigenvalue weighted by Crippen LogP contribution is 2.22. The second kappa shape index (κ2) is 11.0. The molecule has 2 amide bonds. The third-order valence-electron chi connectivity index (χ3n) is 4.80. The number of aromatic nitrogens is 2. The van der Waals surface area contributed by atoms with Gasteiger partial charge in [-0.3, -0.25) is 30.0 Å². The van der Waals surface area contributed by atoms with E-state index in [2.05, 4.69) is 22.9 Å². The molecule has 3 rings (SSSR count). The first-order chi connectivity index (χ1) is 15.4. The maximum Gasteiger partial charge on any atom is 0.290 e. The summed E-state index contributed by atoms with van der Waals surface area (Å²) in [6.07, 6.45) is 2.59. The number of ketones is 1. The molecule has 0 saturated carbocycles. The second-order valence-electron chi connectivity index (χ2n) is 7.16. The fourth-order valence-electron chi connectivity index (χ4n) is 3.13. The van der Waals surface area contributed by atoms with Crippen molar-refractivity contribution in [3.63, 3.8) is 0 Å². The van der Waals surface area contributed by atoms with Crippen LogP contribution < -0.4 is 16.4 Å². The van der Waals surface area contributed by atoms with Gasteiger partial charge in [-0.25, -0.2) is 4.68 Å². The molecule has 0 aliphatic heterocycles. The normalized spacial score (nSPS) is 10.8. The number of fused-ring (bicyclic) bond motifs is 1. The lowest BCUT2D eigenvalue weighted by atomic mass is 10.1. The van der Waals surface area contributed by atoms with Crippen molar-refractivity contribution in [2.45, 2.75) is 45.6 Å². The molecular weight excluding hydrogens is 452 g/mol. The number of carbonyl (C=O) groups is 3. The molecule has 1 aromatic carbocycles. The summed E-state index contributed by atoms with van der Waals surface area (Å²) >= 11 is 6.97. The van der Waals surface area contributed by atoms with Gasteiger partial charge in [0.25, 0.3) is 11.5 Å². The summed E-state index contributed by atoms with van der Waals surface area (Å²) < 4.78 is 1.79. The molecule has 0 unspecified atom stereocenters. The summed E-state index contributed by atoms with van der Waals surface area (Å²) in [5.41, 5.74) is 4.41. The van der Waals surface area contributed by atoms with Crippen LogP contribution >= 0.6 is 22.9 Å². The lowest BCUT2D eigenvalue weighted by Gasteiger charge is -2.12. The molecule has 168 valence electrons. The molecule has 0 saturated heterocycles. The molecule has 2 heterocycles. The fraction of sp³-hybridized carbons (Fsp3) is 0.318. The molecule has 10 heteroatoms. The van der Waals surface area contributed by atoms with Gasteiger partial charge in [0.2, 0.25) is 5.91 Å². The smallest absolute Gasteiger partial charge is 0.290 e. The number of halogens is 1. The molecule has 8 nitrogen and oxygen atoms in total. The van der Waals surface area contributed by atoms with E-state index in [1.165, 1.54) is 4.68 Å². The molecule has 0 radical (unpaired) electrons. The molecule has 32 heavy (non-hydrogen) atoms. The largest absolute Gasteiger partial charge is 0.293 e. The number of thiophene rings is 1. The third kappa shape index (κ3) is 5.80. The van der Waals surface area contributed by atoms with Crippen molar-refractivity contribution >= 4 is 51.3 Å². The fourth-order valence-corrected chi connectivity index (χ4v) is 4.14. The summed E-state index contributed by atoms with van der Waals surface area (Å²) in [5.74, 6) is -1.36. The van der Waals surface area contributed by atoms with Gasteiger partial charge >= 0.3 is 0 Å². The standard InChI is InChI=1S/C22H23ClN4O4S/c1-2-3-6-13-27-22(31)15-8-5-4-7-14(15)20(26-27)21(30)25-24-19(29)12-9-16(28)17-10-11-18(23)32-17/h4-5,7-8,10-11H,2-3,6,9,12-13H2,1H3,(H,24,29)(H,25,30). The lowest BCUT2D eigenvalue weighted by Crippen LogP contribution is -2.42. The Hall–Kier alpha value is -3.04. The van der Waals surface area contributed by atoms with Crippen LogP contribution in [0.2, 0.25) is 4.34 Å². The monoisotopic (exact) mass is 474 g/mol. The average molecular weight is 475 g/mol. The van der Waals surface area contributed by atoms with Gasteiger partial charge in [-0.1, -0.05) is 49.6 Å². The number of amides is 2. The van der Waals surface area contributed by atoms with Crippen molar-refractivity contribution < 1.29 is 14.4 Å². The number of aryl methyl sites for hydroxylation is 1. The maximum absolute atomic E-state index is 12.7. The van der Waals surface area contributed by atoms with Crippen molar-refractivity contribution in [2.24, 2.45) is 0 Å². The Morgan fingerprint density at radius 1 is 1.03 bits per heavy atom. The SMILES string of the molecule is CCCCCn1nc(C(=O)NNC(=O)CCC(=O)c2ccc(Cl)s2)c2ccccc2c1=O. The number of nitrogens with one attached hydrogen (secondary N) is 2. The van der Waals surface area contributed by atoms with E-state index in [1.54, 1.807) is 36.4 Å². The first kappa shape index (κ1) is 23.6. The zero-order valence-electron chi connectivity index (χ0n) is 17.5. The minimum absolute atomic E-state index is 0.0119. The molecule has 3 aromatic rings. The van der Waals surface area contributed by atoms with Crippen LogP contribution in [0.15, 0.2) is 41.2 Å². The van der Waals surface area contributed by atoms with Crippen LogP contribution in [0, 0.1) is 0 Å². The van der Waals surface area contributed by atoms with Crippen molar-refractivity contribution in [1.82, 2.24) is 20.6 Å². The Bertz CT molecular complexity index is 1200. The summed E-state index contributed by atoms with van der Waals surface area (Å²) in [6.45, 7) is 2.46. The van der Waals surface area contributed by atoms with Crippen LogP contribution in [0.25, 0.3) is 10.8 Å². The van der Waals surface area contributed by atoms with Crippen LogP contribution in [0.4, 0.5) is 0 Å². The van der Waals surface area contributed by atoms with Gasteiger partial charge in [-0.05, 0) is 24.6 Å². The van der Waals surface area contributed by atoms with Crippen molar-refractivity contribution in [3.8, 4) is 0 Å². The van der Waals surface area contributed by atoms with E-state index >= 15 is 0 Å². The first-order valence-corrected chi connectivity index (χ1v) is 11.5. The summed E-state index contributed by atoms with van der Waals surface area (Å²) in [6, 6.07) is 9.96. The number of carbonyl (C=O) groups excluding carboxylic acids is 3. The Balaban J connectivity index is 1.66. The predicted molar refractivity (Wildman–Crippen MR) is 124 cm³/mol. The number of unbranched alkanes of at least 4 members (excludes halogenated alkanes) is 2. The van der Waals surface area contributed by atoms with E-state index in [-0.39, 0.29) is 29.9 Å². The van der Waals surface area contributed by atoms with Gasteiger partial charge in [0.1, 0.15) is 0 Å². The molecule has 2 aromatic heterocycles. The minimum Gasteiger partial charge on any atom is -0.293 e. The number of hydrogen-bond acceptors (Lipinski definition) is 6. The molecule has 0 aliphatic carbocycles. The summed E-state index contributed by atoms with van der Waals surface area (Å²) in [5, 5.41) is 5.03. The molecule has 0 bridgehead atoms. The Kier molecular flexibility index (Phi) is 8.13. The number of nitrogens with zero attached hydrogens (tertiary/aromatic N) is 2. The minimum atomic E-state index is -0.643. The van der Waals surface area contributed by atoms with E-state index in [1.807, 2.05) is 0 Å². The van der Waals surface area contributed by atoms with Gasteiger partial charge < -0.3 is 0 Å². The molecule has 0 fully saturated rings. The Labute approximate surface area is 193 Å². The Morgan fingerprint density at radius 2 is 1.78 bits per heavy atom. The molecule has 0 atom stereocenters. The van der Waals surface area contributed by atoms with Gasteiger partial charge in [-0.15, -0.1) is 11.3 Å². The van der Waals surface area contributed by atoms with Gasteiger partial charge in [0.05, 0.1) is 14.6 Å². The van der Waals surface area contributed by atoms with Gasteiger partial charge in [0, 0.05) is 24.8 Å². The average Bonchev–Trinajstić information content (AvgIpc) is 3.24. The summed E-state index contributed by atoms with van der Waals surface area (Å²) in [7, 11) is 0. The number of hydrogen-bond donors (Lipinski definition) is 2. The predicted octanol–water partition coefficient (Wildman–Crippen LogP) is 3.73. The quantitative estimate of drug-likeness (QED) is 0.279. The third-order valence-corrected chi connectivity index (χ3v) is 6.07. The van der Waals surface area contributed by atoms with Crippen LogP contribution in [0.5, 0.6) is 0 Å². The number of rotatable bonds is 9. The highest BCUT2D eigenvalue weighted by molar-refractivity contribution is 7.18. The van der Waals surface area contributed by atoms with Crippen molar-refractivity contribution in [2.75, 3.05) is 0 Å². The lowest BCUT2D eigenvalue weighted by molar-refractivity contribution is -0.121. The molecule has 0 spiro atoms. The van der Waals surface area contributed by atoms with Crippen molar-refractivity contribution in [1.29, 1.82) is 0 Å². The van der Waals surface area contributed by atoms with Crippen LogP contribution in [-0.2, 0) is 11.3 Å². The Morgan fingerprint density at radius 3 is 2.47 bits per heavy atom. The topological polar surface area (TPSA) is 110 Å². The zero-order chi connectivity index (χ0) is 23.1. The number of benzene rings is 1. The van der Waals surface area contributed by atoms with Crippen molar-refractivity contribution in [3.05, 3.63) is 61.7 Å².